The maximum atomic E-state index is 13.1. The molecule has 0 spiro atoms. The minimum atomic E-state index is -0.608. The molecular formula is C22H33N3O4. The molecule has 3 rings (SSSR count). The predicted molar refractivity (Wildman–Crippen MR) is 109 cm³/mol. The molecule has 1 saturated carbocycles. The molecule has 160 valence electrons. The number of hydrogen-bond donors (Lipinski definition) is 2. The summed E-state index contributed by atoms with van der Waals surface area (Å²) in [5.41, 5.74) is -0.533. The molecule has 7 nitrogen and oxygen atoms in total. The molecule has 1 aliphatic heterocycles. The Morgan fingerprint density at radius 3 is 2.72 bits per heavy atom. The van der Waals surface area contributed by atoms with E-state index in [-0.39, 0.29) is 24.1 Å². The molecule has 0 bridgehead atoms. The van der Waals surface area contributed by atoms with Crippen LogP contribution in [0.3, 0.4) is 0 Å². The van der Waals surface area contributed by atoms with Gasteiger partial charge in [0.2, 0.25) is 0 Å². The van der Waals surface area contributed by atoms with Crippen molar-refractivity contribution in [2.24, 2.45) is 5.41 Å². The van der Waals surface area contributed by atoms with Crippen molar-refractivity contribution in [3.63, 3.8) is 0 Å². The van der Waals surface area contributed by atoms with Gasteiger partial charge in [0.1, 0.15) is 5.60 Å². The summed E-state index contributed by atoms with van der Waals surface area (Å²) in [5, 5.41) is 13.8. The van der Waals surface area contributed by atoms with Crippen LogP contribution < -0.4 is 5.32 Å². The lowest BCUT2D eigenvalue weighted by Gasteiger charge is -2.37. The van der Waals surface area contributed by atoms with Crippen LogP contribution in [0.5, 0.6) is 0 Å². The van der Waals surface area contributed by atoms with Gasteiger partial charge in [-0.05, 0) is 52.2 Å². The molecule has 4 atom stereocenters. The Hall–Kier alpha value is -2.15. The number of aliphatic hydroxyl groups excluding tert-OH is 1. The minimum Gasteiger partial charge on any atom is -0.444 e. The summed E-state index contributed by atoms with van der Waals surface area (Å²) < 4.78 is 5.70. The first-order valence-corrected chi connectivity index (χ1v) is 10.5. The second-order valence-corrected chi connectivity index (χ2v) is 9.52. The van der Waals surface area contributed by atoms with Crippen molar-refractivity contribution in [2.75, 3.05) is 6.54 Å². The Balaban J connectivity index is 1.81. The number of amides is 2. The molecule has 2 fully saturated rings. The van der Waals surface area contributed by atoms with Gasteiger partial charge in [-0.2, -0.15) is 0 Å². The predicted octanol–water partition coefficient (Wildman–Crippen LogP) is 3.13. The van der Waals surface area contributed by atoms with Crippen molar-refractivity contribution in [3.8, 4) is 0 Å². The van der Waals surface area contributed by atoms with Gasteiger partial charge in [-0.15, -0.1) is 0 Å². The van der Waals surface area contributed by atoms with E-state index in [9.17, 15) is 14.7 Å². The highest BCUT2D eigenvalue weighted by atomic mass is 16.6. The number of carbonyl (C=O) groups excluding carboxylic acids is 2. The summed E-state index contributed by atoms with van der Waals surface area (Å²) in [6, 6.07) is 3.09. The molecule has 2 heterocycles. The maximum absolute atomic E-state index is 13.1. The van der Waals surface area contributed by atoms with Crippen LogP contribution in [0.4, 0.5) is 4.79 Å². The van der Waals surface area contributed by atoms with Crippen LogP contribution in [0.2, 0.25) is 0 Å². The fraction of sp³-hybridized carbons (Fsp3) is 0.682. The number of aliphatic hydroxyl groups is 1. The van der Waals surface area contributed by atoms with E-state index in [0.29, 0.717) is 18.5 Å². The average molecular weight is 404 g/mol. The first kappa shape index (κ1) is 21.6. The number of pyridine rings is 1. The third kappa shape index (κ3) is 4.71. The van der Waals surface area contributed by atoms with Crippen LogP contribution in [0.1, 0.15) is 70.2 Å². The molecule has 0 unspecified atom stereocenters. The summed E-state index contributed by atoms with van der Waals surface area (Å²) in [7, 11) is 0. The first-order chi connectivity index (χ1) is 13.6. The molecule has 1 aromatic rings. The van der Waals surface area contributed by atoms with Gasteiger partial charge in [0, 0.05) is 30.4 Å². The van der Waals surface area contributed by atoms with Crippen LogP contribution in [-0.4, -0.2) is 57.3 Å². The monoisotopic (exact) mass is 403 g/mol. The van der Waals surface area contributed by atoms with Crippen molar-refractivity contribution in [2.45, 2.75) is 83.6 Å². The van der Waals surface area contributed by atoms with E-state index in [1.165, 1.54) is 6.20 Å². The van der Waals surface area contributed by atoms with Gasteiger partial charge in [0.15, 0.2) is 0 Å². The highest BCUT2D eigenvalue weighted by molar-refractivity contribution is 5.93. The molecular weight excluding hydrogens is 370 g/mol. The van der Waals surface area contributed by atoms with Gasteiger partial charge in [-0.3, -0.25) is 14.7 Å². The van der Waals surface area contributed by atoms with Gasteiger partial charge in [0.25, 0.3) is 5.91 Å². The largest absolute Gasteiger partial charge is 0.444 e. The van der Waals surface area contributed by atoms with Gasteiger partial charge in [0.05, 0.1) is 17.7 Å². The lowest BCUT2D eigenvalue weighted by Crippen LogP contribution is -2.50. The SMILES string of the molecule is CC(C)(C)OC(=O)N1[C@@H](CNC(=O)c2cccnc2)C[C@@]2(C)[C@@H](O)CCCC[C@@H]12. The Kier molecular flexibility index (Phi) is 6.17. The van der Waals surface area contributed by atoms with Crippen molar-refractivity contribution in [1.29, 1.82) is 0 Å². The summed E-state index contributed by atoms with van der Waals surface area (Å²) in [6.07, 6.45) is 6.41. The highest BCUT2D eigenvalue weighted by Gasteiger charge is 2.55. The second kappa shape index (κ2) is 8.30. The van der Waals surface area contributed by atoms with E-state index in [0.717, 1.165) is 25.7 Å². The molecule has 0 aromatic carbocycles. The van der Waals surface area contributed by atoms with E-state index >= 15 is 0 Å². The number of fused-ring (bicyclic) bond motifs is 1. The first-order valence-electron chi connectivity index (χ1n) is 10.5. The van der Waals surface area contributed by atoms with E-state index in [1.807, 2.05) is 20.8 Å². The lowest BCUT2D eigenvalue weighted by molar-refractivity contribution is -0.00901. The molecule has 0 radical (unpaired) electrons. The normalized spacial score (nSPS) is 29.7. The smallest absolute Gasteiger partial charge is 0.410 e. The van der Waals surface area contributed by atoms with E-state index < -0.39 is 17.1 Å². The number of hydrogen-bond acceptors (Lipinski definition) is 5. The van der Waals surface area contributed by atoms with E-state index in [1.54, 1.807) is 23.2 Å². The molecule has 1 aromatic heterocycles. The number of aromatic nitrogens is 1. The lowest BCUT2D eigenvalue weighted by atomic mass is 9.75. The third-order valence-corrected chi connectivity index (χ3v) is 6.16. The molecule has 29 heavy (non-hydrogen) atoms. The number of likely N-dealkylation sites (tertiary alicyclic amines) is 1. The Morgan fingerprint density at radius 1 is 1.34 bits per heavy atom. The van der Waals surface area contributed by atoms with Crippen molar-refractivity contribution < 1.29 is 19.4 Å². The third-order valence-electron chi connectivity index (χ3n) is 6.16. The average Bonchev–Trinajstić information content (AvgIpc) is 2.87. The van der Waals surface area contributed by atoms with Crippen LogP contribution in [-0.2, 0) is 4.74 Å². The van der Waals surface area contributed by atoms with Gasteiger partial charge in [-0.1, -0.05) is 19.8 Å². The van der Waals surface area contributed by atoms with Gasteiger partial charge in [-0.25, -0.2) is 4.79 Å². The standard InChI is InChI=1S/C22H33N3O4/c1-21(2,3)29-20(28)25-16(14-24-19(27)15-8-7-11-23-13-15)12-22(4)17(25)9-5-6-10-18(22)26/h7-8,11,13,16-18,26H,5-6,9-10,12,14H2,1-4H3,(H,24,27)/t16-,17-,18+,22-/m1/s1. The van der Waals surface area contributed by atoms with Crippen LogP contribution in [0, 0.1) is 5.41 Å². The van der Waals surface area contributed by atoms with Crippen LogP contribution >= 0.6 is 0 Å². The fourth-order valence-electron chi connectivity index (χ4n) is 4.72. The van der Waals surface area contributed by atoms with E-state index in [4.69, 9.17) is 4.74 Å². The molecule has 2 amide bonds. The molecule has 1 aliphatic carbocycles. The van der Waals surface area contributed by atoms with Gasteiger partial charge >= 0.3 is 6.09 Å². The van der Waals surface area contributed by atoms with Crippen LogP contribution in [0.15, 0.2) is 24.5 Å². The summed E-state index contributed by atoms with van der Waals surface area (Å²) in [6.45, 7) is 7.92. The Labute approximate surface area is 172 Å². The Morgan fingerprint density at radius 2 is 2.07 bits per heavy atom. The zero-order valence-electron chi connectivity index (χ0n) is 17.9. The second-order valence-electron chi connectivity index (χ2n) is 9.52. The minimum absolute atomic E-state index is 0.102. The van der Waals surface area contributed by atoms with E-state index in [2.05, 4.69) is 17.2 Å². The molecule has 2 aliphatic rings. The van der Waals surface area contributed by atoms with Crippen molar-refractivity contribution in [1.82, 2.24) is 15.2 Å². The zero-order valence-corrected chi connectivity index (χ0v) is 17.9. The number of rotatable bonds is 3. The van der Waals surface area contributed by atoms with Crippen molar-refractivity contribution >= 4 is 12.0 Å². The number of nitrogens with one attached hydrogen (secondary N) is 1. The highest BCUT2D eigenvalue weighted by Crippen LogP contribution is 2.48. The number of carbonyl (C=O) groups is 2. The van der Waals surface area contributed by atoms with Crippen LogP contribution in [0.25, 0.3) is 0 Å². The van der Waals surface area contributed by atoms with Crippen molar-refractivity contribution in [3.05, 3.63) is 30.1 Å². The Bertz CT molecular complexity index is 733. The molecule has 7 heteroatoms. The quantitative estimate of drug-likeness (QED) is 0.809. The maximum Gasteiger partial charge on any atom is 0.410 e. The number of ether oxygens (including phenoxy) is 1. The fourth-order valence-corrected chi connectivity index (χ4v) is 4.72. The van der Waals surface area contributed by atoms with Gasteiger partial charge < -0.3 is 15.2 Å². The summed E-state index contributed by atoms with van der Waals surface area (Å²) >= 11 is 0. The topological polar surface area (TPSA) is 91.8 Å². The molecule has 1 saturated heterocycles. The molecule has 2 N–H and O–H groups in total. The summed E-state index contributed by atoms with van der Waals surface area (Å²) in [4.78, 5) is 31.3. The number of nitrogens with zero attached hydrogens (tertiary/aromatic N) is 2. The zero-order chi connectivity index (χ0) is 21.2. The summed E-state index contributed by atoms with van der Waals surface area (Å²) in [5.74, 6) is -0.222.